The molecule has 2 N–H and O–H groups in total. The molecule has 136 valence electrons. The fourth-order valence-corrected chi connectivity index (χ4v) is 3.34. The van der Waals surface area contributed by atoms with E-state index in [0.29, 0.717) is 11.5 Å². The van der Waals surface area contributed by atoms with Crippen LogP contribution in [0.5, 0.6) is 11.5 Å². The molecule has 3 rings (SSSR count). The van der Waals surface area contributed by atoms with E-state index in [1.807, 2.05) is 0 Å². The summed E-state index contributed by atoms with van der Waals surface area (Å²) in [5.41, 5.74) is 1.49. The number of amides is 1. The van der Waals surface area contributed by atoms with Crippen molar-refractivity contribution in [2.75, 3.05) is 13.8 Å². The molecule has 8 heteroatoms. The lowest BCUT2D eigenvalue weighted by Crippen LogP contribution is -2.23. The van der Waals surface area contributed by atoms with E-state index < -0.39 is 10.0 Å². The fraction of sp³-hybridized carbons (Fsp3) is 0.167. The Balaban J connectivity index is 1.66. The first-order valence-corrected chi connectivity index (χ1v) is 9.34. The number of ether oxygens (including phenoxy) is 2. The predicted molar refractivity (Wildman–Crippen MR) is 96.1 cm³/mol. The quantitative estimate of drug-likeness (QED) is 0.750. The Hall–Kier alpha value is -2.84. The number of carbonyl (C=O) groups excluding carboxylic acids is 1. The van der Waals surface area contributed by atoms with Crippen LogP contribution in [0.2, 0.25) is 0 Å². The second-order valence-electron chi connectivity index (χ2n) is 5.53. The van der Waals surface area contributed by atoms with Crippen LogP contribution in [-0.2, 0) is 21.4 Å². The summed E-state index contributed by atoms with van der Waals surface area (Å²) in [5, 5.41) is 2.47. The Morgan fingerprint density at radius 1 is 1.12 bits per heavy atom. The van der Waals surface area contributed by atoms with Crippen molar-refractivity contribution in [1.82, 2.24) is 10.0 Å². The fourth-order valence-electron chi connectivity index (χ4n) is 2.33. The molecule has 0 bridgehead atoms. The summed E-state index contributed by atoms with van der Waals surface area (Å²) in [6.07, 6.45) is 2.98. The van der Waals surface area contributed by atoms with Crippen molar-refractivity contribution in [1.29, 1.82) is 0 Å². The van der Waals surface area contributed by atoms with Crippen molar-refractivity contribution in [3.63, 3.8) is 0 Å². The van der Waals surface area contributed by atoms with Gasteiger partial charge >= 0.3 is 0 Å². The van der Waals surface area contributed by atoms with Gasteiger partial charge in [-0.1, -0.05) is 18.2 Å². The number of benzene rings is 2. The smallest absolute Gasteiger partial charge is 0.243 e. The van der Waals surface area contributed by atoms with Gasteiger partial charge in [-0.3, -0.25) is 4.79 Å². The van der Waals surface area contributed by atoms with Gasteiger partial charge in [0.05, 0.1) is 4.90 Å². The maximum Gasteiger partial charge on any atom is 0.243 e. The zero-order valence-electron chi connectivity index (χ0n) is 14.1. The largest absolute Gasteiger partial charge is 0.454 e. The minimum absolute atomic E-state index is 0.136. The van der Waals surface area contributed by atoms with Crippen LogP contribution in [0.4, 0.5) is 0 Å². The van der Waals surface area contributed by atoms with Crippen LogP contribution in [0.25, 0.3) is 6.08 Å². The van der Waals surface area contributed by atoms with E-state index in [-0.39, 0.29) is 24.1 Å². The van der Waals surface area contributed by atoms with Crippen LogP contribution in [-0.4, -0.2) is 28.2 Å². The Kier molecular flexibility index (Phi) is 5.24. The summed E-state index contributed by atoms with van der Waals surface area (Å²) < 4.78 is 37.9. The molecule has 2 aromatic rings. The Bertz CT molecular complexity index is 937. The molecule has 0 fully saturated rings. The topological polar surface area (TPSA) is 93.7 Å². The highest BCUT2D eigenvalue weighted by molar-refractivity contribution is 7.89. The Morgan fingerprint density at radius 3 is 2.58 bits per heavy atom. The van der Waals surface area contributed by atoms with Crippen LogP contribution >= 0.6 is 0 Å². The number of likely N-dealkylation sites (N-methyl/N-ethyl adjacent to an activating group) is 1. The van der Waals surface area contributed by atoms with Crippen LogP contribution in [0.3, 0.4) is 0 Å². The number of sulfonamides is 1. The van der Waals surface area contributed by atoms with Gasteiger partial charge in [0.15, 0.2) is 11.5 Å². The molecule has 26 heavy (non-hydrogen) atoms. The first-order valence-electron chi connectivity index (χ1n) is 7.86. The lowest BCUT2D eigenvalue weighted by atomic mass is 10.2. The van der Waals surface area contributed by atoms with E-state index in [0.717, 1.165) is 11.1 Å². The van der Waals surface area contributed by atoms with Gasteiger partial charge in [0.2, 0.25) is 22.7 Å². The van der Waals surface area contributed by atoms with Crippen LogP contribution in [0.15, 0.2) is 53.4 Å². The number of hydrogen-bond acceptors (Lipinski definition) is 5. The number of carbonyl (C=O) groups is 1. The number of fused-ring (bicyclic) bond motifs is 1. The van der Waals surface area contributed by atoms with Crippen molar-refractivity contribution in [3.8, 4) is 11.5 Å². The molecule has 0 aliphatic carbocycles. The van der Waals surface area contributed by atoms with Crippen LogP contribution in [0.1, 0.15) is 11.1 Å². The van der Waals surface area contributed by atoms with E-state index >= 15 is 0 Å². The van der Waals surface area contributed by atoms with Crippen molar-refractivity contribution in [2.45, 2.75) is 11.4 Å². The lowest BCUT2D eigenvalue weighted by Gasteiger charge is -2.08. The van der Waals surface area contributed by atoms with Gasteiger partial charge in [-0.15, -0.1) is 0 Å². The van der Waals surface area contributed by atoms with E-state index in [1.165, 1.54) is 25.3 Å². The summed E-state index contributed by atoms with van der Waals surface area (Å²) in [4.78, 5) is 11.3. The maximum absolute atomic E-state index is 12.4. The first-order chi connectivity index (χ1) is 12.5. The third-order valence-electron chi connectivity index (χ3n) is 3.77. The molecular weight excluding hydrogens is 356 g/mol. The molecule has 7 nitrogen and oxygen atoms in total. The van der Waals surface area contributed by atoms with E-state index in [9.17, 15) is 13.2 Å². The normalized spacial score (nSPS) is 13.1. The molecule has 0 atom stereocenters. The zero-order chi connectivity index (χ0) is 18.6. The van der Waals surface area contributed by atoms with Crippen molar-refractivity contribution >= 4 is 22.0 Å². The highest BCUT2D eigenvalue weighted by Gasteiger charge is 2.16. The van der Waals surface area contributed by atoms with Gasteiger partial charge in [-0.2, -0.15) is 0 Å². The molecule has 1 aliphatic rings. The summed E-state index contributed by atoms with van der Waals surface area (Å²) >= 11 is 0. The second kappa shape index (κ2) is 7.59. The highest BCUT2D eigenvalue weighted by Crippen LogP contribution is 2.32. The predicted octanol–water partition coefficient (Wildman–Crippen LogP) is 1.65. The molecule has 1 aliphatic heterocycles. The van der Waals surface area contributed by atoms with Crippen molar-refractivity contribution in [2.24, 2.45) is 0 Å². The molecule has 0 saturated carbocycles. The van der Waals surface area contributed by atoms with E-state index in [2.05, 4.69) is 10.0 Å². The average Bonchev–Trinajstić information content (AvgIpc) is 3.12. The molecule has 1 amide bonds. The van der Waals surface area contributed by atoms with Gasteiger partial charge < -0.3 is 14.8 Å². The number of nitrogens with one attached hydrogen (secondary N) is 2. The van der Waals surface area contributed by atoms with Gasteiger partial charge in [0, 0.05) is 19.7 Å². The lowest BCUT2D eigenvalue weighted by molar-refractivity contribution is -0.115. The molecule has 0 radical (unpaired) electrons. The minimum Gasteiger partial charge on any atom is -0.454 e. The molecule has 0 saturated heterocycles. The third kappa shape index (κ3) is 4.22. The zero-order valence-corrected chi connectivity index (χ0v) is 14.9. The number of hydrogen-bond donors (Lipinski definition) is 2. The molecule has 0 unspecified atom stereocenters. The standard InChI is InChI=1S/C18H18N2O5S/c1-19-18(21)9-5-13-2-6-15(7-3-13)26(22,23)20-11-14-4-8-16-17(10-14)25-12-24-16/h2-10,20H,11-12H2,1H3,(H,19,21)/b9-5+. The maximum atomic E-state index is 12.4. The first kappa shape index (κ1) is 18.0. The van der Waals surface area contributed by atoms with Gasteiger partial charge in [-0.05, 0) is 41.5 Å². The van der Waals surface area contributed by atoms with Gasteiger partial charge in [0.25, 0.3) is 0 Å². The highest BCUT2D eigenvalue weighted by atomic mass is 32.2. The average molecular weight is 374 g/mol. The van der Waals surface area contributed by atoms with E-state index in [1.54, 1.807) is 36.4 Å². The van der Waals surface area contributed by atoms with Gasteiger partial charge in [0.1, 0.15) is 0 Å². The SMILES string of the molecule is CNC(=O)/C=C/c1ccc(S(=O)(=O)NCc2ccc3c(c2)OCO3)cc1. The minimum atomic E-state index is -3.65. The van der Waals surface area contributed by atoms with Crippen molar-refractivity contribution in [3.05, 3.63) is 59.7 Å². The molecule has 1 heterocycles. The Labute approximate surface area is 151 Å². The van der Waals surface area contributed by atoms with E-state index in [4.69, 9.17) is 9.47 Å². The third-order valence-corrected chi connectivity index (χ3v) is 5.18. The van der Waals surface area contributed by atoms with Crippen LogP contribution in [0, 0.1) is 0 Å². The molecule has 0 spiro atoms. The second-order valence-corrected chi connectivity index (χ2v) is 7.30. The Morgan fingerprint density at radius 2 is 1.85 bits per heavy atom. The monoisotopic (exact) mass is 374 g/mol. The summed E-state index contributed by atoms with van der Waals surface area (Å²) in [5.74, 6) is 1.03. The summed E-state index contributed by atoms with van der Waals surface area (Å²) in [6, 6.07) is 11.5. The summed E-state index contributed by atoms with van der Waals surface area (Å²) in [6.45, 7) is 0.308. The molecule has 0 aromatic heterocycles. The summed E-state index contributed by atoms with van der Waals surface area (Å²) in [7, 11) is -2.11. The number of rotatable bonds is 6. The molecular formula is C18H18N2O5S. The van der Waals surface area contributed by atoms with Crippen LogP contribution < -0.4 is 19.5 Å². The molecule has 2 aromatic carbocycles. The van der Waals surface area contributed by atoms with Gasteiger partial charge in [-0.25, -0.2) is 13.1 Å². The van der Waals surface area contributed by atoms with Crippen molar-refractivity contribution < 1.29 is 22.7 Å².